The van der Waals surface area contributed by atoms with Crippen molar-refractivity contribution in [2.45, 2.75) is 18.9 Å². The third-order valence-electron chi connectivity index (χ3n) is 2.67. The van der Waals surface area contributed by atoms with E-state index < -0.39 is 5.97 Å². The summed E-state index contributed by atoms with van der Waals surface area (Å²) < 4.78 is 4.91. The van der Waals surface area contributed by atoms with Crippen molar-refractivity contribution in [1.29, 1.82) is 0 Å². The van der Waals surface area contributed by atoms with Gasteiger partial charge in [0.25, 0.3) is 0 Å². The molecule has 1 unspecified atom stereocenters. The molecule has 0 spiro atoms. The van der Waals surface area contributed by atoms with Gasteiger partial charge in [-0.15, -0.1) is 0 Å². The third kappa shape index (κ3) is 5.92. The van der Waals surface area contributed by atoms with Gasteiger partial charge in [-0.2, -0.15) is 0 Å². The lowest BCUT2D eigenvalue weighted by atomic mass is 10.0. The molecule has 1 aromatic rings. The molecule has 1 atom stereocenters. The van der Waals surface area contributed by atoms with Gasteiger partial charge in [0.1, 0.15) is 5.75 Å². The highest BCUT2D eigenvalue weighted by atomic mass is 35.5. The minimum Gasteiger partial charge on any atom is -0.508 e. The van der Waals surface area contributed by atoms with Crippen molar-refractivity contribution in [1.82, 2.24) is 5.32 Å². The molecule has 5 nitrogen and oxygen atoms in total. The highest BCUT2D eigenvalue weighted by Gasteiger charge is 2.15. The Bertz CT molecular complexity index is 425. The normalized spacial score (nSPS) is 12.3. The number of methoxy groups -OCH3 is 1. The van der Waals surface area contributed by atoms with Gasteiger partial charge in [-0.1, -0.05) is 11.6 Å². The summed E-state index contributed by atoms with van der Waals surface area (Å²) in [6, 6.07) is 4.45. The van der Waals surface area contributed by atoms with Crippen LogP contribution in [0.5, 0.6) is 5.75 Å². The number of hydrogen-bond acceptors (Lipinski definition) is 4. The zero-order valence-corrected chi connectivity index (χ0v) is 11.5. The van der Waals surface area contributed by atoms with E-state index in [1.807, 2.05) is 0 Å². The molecule has 0 aliphatic carbocycles. The van der Waals surface area contributed by atoms with Crippen LogP contribution in [0.25, 0.3) is 0 Å². The molecule has 106 valence electrons. The van der Waals surface area contributed by atoms with E-state index in [1.54, 1.807) is 19.2 Å². The number of halogens is 1. The maximum atomic E-state index is 10.8. The van der Waals surface area contributed by atoms with Crippen LogP contribution in [0, 0.1) is 0 Å². The van der Waals surface area contributed by atoms with Crippen molar-refractivity contribution < 1.29 is 19.7 Å². The number of benzene rings is 1. The molecule has 0 fully saturated rings. The van der Waals surface area contributed by atoms with E-state index in [9.17, 15) is 9.90 Å². The topological polar surface area (TPSA) is 78.8 Å². The Morgan fingerprint density at radius 1 is 1.53 bits per heavy atom. The van der Waals surface area contributed by atoms with Crippen LogP contribution in [-0.4, -0.2) is 42.5 Å². The van der Waals surface area contributed by atoms with E-state index >= 15 is 0 Å². The summed E-state index contributed by atoms with van der Waals surface area (Å²) in [4.78, 5) is 10.8. The number of phenolic OH excluding ortho intramolecular Hbond substituents is 1. The van der Waals surface area contributed by atoms with E-state index in [0.717, 1.165) is 0 Å². The number of phenols is 1. The Kier molecular flexibility index (Phi) is 6.62. The minimum atomic E-state index is -0.892. The number of rotatable bonds is 8. The molecule has 0 bridgehead atoms. The summed E-state index contributed by atoms with van der Waals surface area (Å²) in [5, 5.41) is 22.2. The second kappa shape index (κ2) is 7.99. The Balaban J connectivity index is 2.69. The van der Waals surface area contributed by atoms with Crippen LogP contribution in [0.1, 0.15) is 12.0 Å². The van der Waals surface area contributed by atoms with Crippen LogP contribution in [0.4, 0.5) is 0 Å². The second-order valence-corrected chi connectivity index (χ2v) is 4.66. The zero-order valence-electron chi connectivity index (χ0n) is 10.7. The number of nitrogens with one attached hydrogen (secondary N) is 1. The van der Waals surface area contributed by atoms with Gasteiger partial charge in [-0.25, -0.2) is 0 Å². The van der Waals surface area contributed by atoms with Crippen molar-refractivity contribution in [2.24, 2.45) is 0 Å². The van der Waals surface area contributed by atoms with Gasteiger partial charge in [-0.05, 0) is 30.2 Å². The Labute approximate surface area is 117 Å². The van der Waals surface area contributed by atoms with Crippen LogP contribution < -0.4 is 5.32 Å². The Hall–Kier alpha value is -1.30. The zero-order chi connectivity index (χ0) is 14.3. The molecule has 0 amide bonds. The molecule has 0 aliphatic heterocycles. The van der Waals surface area contributed by atoms with E-state index in [0.29, 0.717) is 30.2 Å². The van der Waals surface area contributed by atoms with Gasteiger partial charge in [0, 0.05) is 24.7 Å². The smallest absolute Gasteiger partial charge is 0.304 e. The van der Waals surface area contributed by atoms with E-state index in [2.05, 4.69) is 5.32 Å². The number of carbonyl (C=O) groups is 1. The molecule has 0 heterocycles. The summed E-state index contributed by atoms with van der Waals surface area (Å²) >= 11 is 5.86. The summed E-state index contributed by atoms with van der Waals surface area (Å²) in [5.41, 5.74) is 0.628. The fraction of sp³-hybridized carbons (Fsp3) is 0.462. The molecule has 1 aromatic carbocycles. The SMILES string of the molecule is COCCNC(CC(=O)O)Cc1cc(Cl)ccc1O. The molecule has 0 saturated heterocycles. The number of ether oxygens (including phenoxy) is 1. The molecule has 0 aromatic heterocycles. The van der Waals surface area contributed by atoms with Crippen molar-refractivity contribution in [3.05, 3.63) is 28.8 Å². The molecule has 6 heteroatoms. The van der Waals surface area contributed by atoms with Gasteiger partial charge >= 0.3 is 5.97 Å². The molecule has 3 N–H and O–H groups in total. The van der Waals surface area contributed by atoms with E-state index in [4.69, 9.17) is 21.4 Å². The van der Waals surface area contributed by atoms with Crippen molar-refractivity contribution in [2.75, 3.05) is 20.3 Å². The Morgan fingerprint density at radius 3 is 2.89 bits per heavy atom. The van der Waals surface area contributed by atoms with Gasteiger partial charge in [0.2, 0.25) is 0 Å². The number of carboxylic acids is 1. The van der Waals surface area contributed by atoms with Crippen LogP contribution in [0.15, 0.2) is 18.2 Å². The first-order valence-corrected chi connectivity index (χ1v) is 6.32. The first-order valence-electron chi connectivity index (χ1n) is 5.94. The summed E-state index contributed by atoms with van der Waals surface area (Å²) in [7, 11) is 1.58. The predicted octanol–water partition coefficient (Wildman–Crippen LogP) is 1.67. The molecular weight excluding hydrogens is 270 g/mol. The molecule has 1 rings (SSSR count). The quantitative estimate of drug-likeness (QED) is 0.634. The van der Waals surface area contributed by atoms with Crippen LogP contribution >= 0.6 is 11.6 Å². The fourth-order valence-corrected chi connectivity index (χ4v) is 1.97. The lowest BCUT2D eigenvalue weighted by molar-refractivity contribution is -0.137. The van der Waals surface area contributed by atoms with E-state index in [-0.39, 0.29) is 18.2 Å². The summed E-state index contributed by atoms with van der Waals surface area (Å²) in [6.45, 7) is 1.05. The Morgan fingerprint density at radius 2 is 2.26 bits per heavy atom. The predicted molar refractivity (Wildman–Crippen MR) is 72.7 cm³/mol. The molecule has 19 heavy (non-hydrogen) atoms. The molecular formula is C13H18ClNO4. The molecule has 0 saturated carbocycles. The maximum absolute atomic E-state index is 10.8. The maximum Gasteiger partial charge on any atom is 0.304 e. The van der Waals surface area contributed by atoms with Crippen molar-refractivity contribution >= 4 is 17.6 Å². The molecule has 0 radical (unpaired) electrons. The average molecular weight is 288 g/mol. The van der Waals surface area contributed by atoms with Crippen molar-refractivity contribution in [3.63, 3.8) is 0 Å². The fourth-order valence-electron chi connectivity index (χ4n) is 1.78. The van der Waals surface area contributed by atoms with Gasteiger partial charge in [-0.3, -0.25) is 4.79 Å². The second-order valence-electron chi connectivity index (χ2n) is 4.22. The average Bonchev–Trinajstić information content (AvgIpc) is 2.33. The summed E-state index contributed by atoms with van der Waals surface area (Å²) in [5.74, 6) is -0.773. The van der Waals surface area contributed by atoms with Gasteiger partial charge in [0.05, 0.1) is 13.0 Å². The minimum absolute atomic E-state index is 0.0321. The third-order valence-corrected chi connectivity index (χ3v) is 2.90. The number of hydrogen-bond donors (Lipinski definition) is 3. The lowest BCUT2D eigenvalue weighted by Gasteiger charge is -2.17. The first-order chi connectivity index (χ1) is 9.02. The highest BCUT2D eigenvalue weighted by molar-refractivity contribution is 6.30. The monoisotopic (exact) mass is 287 g/mol. The largest absolute Gasteiger partial charge is 0.508 e. The lowest BCUT2D eigenvalue weighted by Crippen LogP contribution is -2.35. The van der Waals surface area contributed by atoms with Crippen molar-refractivity contribution in [3.8, 4) is 5.75 Å². The number of carboxylic acid groups (broad SMARTS) is 1. The van der Waals surface area contributed by atoms with Crippen LogP contribution in [0.3, 0.4) is 0 Å². The van der Waals surface area contributed by atoms with Crippen LogP contribution in [-0.2, 0) is 16.0 Å². The number of aromatic hydroxyl groups is 1. The van der Waals surface area contributed by atoms with Gasteiger partial charge < -0.3 is 20.3 Å². The van der Waals surface area contributed by atoms with E-state index in [1.165, 1.54) is 6.07 Å². The highest BCUT2D eigenvalue weighted by Crippen LogP contribution is 2.23. The number of aliphatic carboxylic acids is 1. The standard InChI is InChI=1S/C13H18ClNO4/c1-19-5-4-15-11(8-13(17)18)7-9-6-10(14)2-3-12(9)16/h2-3,6,11,15-16H,4-5,7-8H2,1H3,(H,17,18). The first kappa shape index (κ1) is 15.8. The van der Waals surface area contributed by atoms with Crippen LogP contribution in [0.2, 0.25) is 5.02 Å². The van der Waals surface area contributed by atoms with Gasteiger partial charge in [0.15, 0.2) is 0 Å². The summed E-state index contributed by atoms with van der Waals surface area (Å²) in [6.07, 6.45) is 0.359. The molecule has 0 aliphatic rings.